The summed E-state index contributed by atoms with van der Waals surface area (Å²) in [4.78, 5) is 30.4. The van der Waals surface area contributed by atoms with Crippen LogP contribution in [0.4, 0.5) is 5.69 Å². The van der Waals surface area contributed by atoms with Gasteiger partial charge in [0.15, 0.2) is 0 Å². The van der Waals surface area contributed by atoms with Crippen LogP contribution in [0.2, 0.25) is 0 Å². The summed E-state index contributed by atoms with van der Waals surface area (Å²) in [5.74, 6) is 0.202. The van der Waals surface area contributed by atoms with Gasteiger partial charge in [-0.25, -0.2) is 0 Å². The highest BCUT2D eigenvalue weighted by Gasteiger charge is 2.31. The van der Waals surface area contributed by atoms with E-state index in [4.69, 9.17) is 0 Å². The molecule has 6 nitrogen and oxygen atoms in total. The lowest BCUT2D eigenvalue weighted by molar-refractivity contribution is -0.127. The zero-order valence-electron chi connectivity index (χ0n) is 18.4. The molecule has 3 aromatic rings. The van der Waals surface area contributed by atoms with Crippen molar-refractivity contribution in [3.63, 3.8) is 0 Å². The maximum atomic E-state index is 13.2. The van der Waals surface area contributed by atoms with E-state index < -0.39 is 6.04 Å². The molecule has 4 rings (SSSR count). The van der Waals surface area contributed by atoms with Crippen LogP contribution in [0.3, 0.4) is 0 Å². The largest absolute Gasteiger partial charge is 0.343 e. The Hall–Kier alpha value is -3.25. The molecule has 0 bridgehead atoms. The second-order valence-corrected chi connectivity index (χ2v) is 8.46. The lowest BCUT2D eigenvalue weighted by Crippen LogP contribution is -2.50. The molecule has 2 amide bonds. The first-order chi connectivity index (χ1) is 15.6. The van der Waals surface area contributed by atoms with Crippen LogP contribution in [0, 0.1) is 5.92 Å². The molecule has 1 saturated heterocycles. The fourth-order valence-corrected chi connectivity index (χ4v) is 4.20. The van der Waals surface area contributed by atoms with Crippen LogP contribution in [0.25, 0.3) is 10.9 Å². The summed E-state index contributed by atoms with van der Waals surface area (Å²) in [6, 6.07) is 18.6. The van der Waals surface area contributed by atoms with Crippen molar-refractivity contribution in [1.82, 2.24) is 15.6 Å². The number of fused-ring (bicyclic) bond motifs is 1. The van der Waals surface area contributed by atoms with E-state index in [-0.39, 0.29) is 17.9 Å². The molecule has 32 heavy (non-hydrogen) atoms. The van der Waals surface area contributed by atoms with E-state index in [2.05, 4.69) is 27.9 Å². The molecule has 0 radical (unpaired) electrons. The minimum Gasteiger partial charge on any atom is -0.343 e. The third-order valence-electron chi connectivity index (χ3n) is 6.18. The average molecular weight is 431 g/mol. The van der Waals surface area contributed by atoms with E-state index in [9.17, 15) is 9.59 Å². The minimum atomic E-state index is -0.616. The maximum Gasteiger partial charge on any atom is 0.246 e. The Morgan fingerprint density at radius 1 is 1.12 bits per heavy atom. The van der Waals surface area contributed by atoms with Crippen molar-refractivity contribution in [3.05, 3.63) is 72.4 Å². The third-order valence-corrected chi connectivity index (χ3v) is 6.18. The van der Waals surface area contributed by atoms with Gasteiger partial charge in [-0.05, 0) is 61.6 Å². The Balaban J connectivity index is 1.46. The van der Waals surface area contributed by atoms with Gasteiger partial charge in [0.25, 0.3) is 0 Å². The van der Waals surface area contributed by atoms with Crippen LogP contribution < -0.4 is 16.0 Å². The number of rotatable bonds is 8. The average Bonchev–Trinajstić information content (AvgIpc) is 3.32. The molecule has 0 spiro atoms. The van der Waals surface area contributed by atoms with Gasteiger partial charge in [0.1, 0.15) is 6.04 Å². The highest BCUT2D eigenvalue weighted by Crippen LogP contribution is 2.19. The first kappa shape index (κ1) is 22.0. The molecule has 2 aromatic carbocycles. The number of benzene rings is 2. The number of anilines is 1. The van der Waals surface area contributed by atoms with Crippen molar-refractivity contribution in [1.29, 1.82) is 0 Å². The number of hydrogen-bond acceptors (Lipinski definition) is 4. The second-order valence-electron chi connectivity index (χ2n) is 8.46. The monoisotopic (exact) mass is 430 g/mol. The topological polar surface area (TPSA) is 83.1 Å². The minimum absolute atomic E-state index is 0.100. The SMILES string of the molecule is CC[C@@H]1CNC(C(=O)N[C@H](CCc2ccccc2)C(=O)Nc2ccc3ncccc3c2)C1. The van der Waals surface area contributed by atoms with E-state index in [0.717, 1.165) is 35.9 Å². The van der Waals surface area contributed by atoms with Gasteiger partial charge in [0.2, 0.25) is 11.8 Å². The highest BCUT2D eigenvalue weighted by atomic mass is 16.2. The Bertz CT molecular complexity index is 1070. The van der Waals surface area contributed by atoms with Crippen LogP contribution in [0.1, 0.15) is 31.7 Å². The predicted molar refractivity (Wildman–Crippen MR) is 127 cm³/mol. The Kier molecular flexibility index (Phi) is 7.12. The smallest absolute Gasteiger partial charge is 0.246 e. The molecule has 1 aromatic heterocycles. The Labute approximate surface area is 188 Å². The van der Waals surface area contributed by atoms with Crippen molar-refractivity contribution in [3.8, 4) is 0 Å². The molecule has 3 N–H and O–H groups in total. The lowest BCUT2D eigenvalue weighted by atomic mass is 10.0. The number of pyridine rings is 1. The summed E-state index contributed by atoms with van der Waals surface area (Å²) in [5, 5.41) is 10.2. The van der Waals surface area contributed by atoms with Crippen molar-refractivity contribution in [2.75, 3.05) is 11.9 Å². The number of hydrogen-bond donors (Lipinski definition) is 3. The first-order valence-corrected chi connectivity index (χ1v) is 11.4. The quantitative estimate of drug-likeness (QED) is 0.509. The van der Waals surface area contributed by atoms with Crippen LogP contribution in [0.5, 0.6) is 0 Å². The summed E-state index contributed by atoms with van der Waals surface area (Å²) in [7, 11) is 0. The molecule has 6 heteroatoms. The summed E-state index contributed by atoms with van der Waals surface area (Å²) >= 11 is 0. The number of carbonyl (C=O) groups is 2. The Morgan fingerprint density at radius 2 is 1.97 bits per heavy atom. The van der Waals surface area contributed by atoms with Gasteiger partial charge < -0.3 is 16.0 Å². The molecule has 0 aliphatic carbocycles. The predicted octanol–water partition coefficient (Wildman–Crippen LogP) is 3.68. The zero-order chi connectivity index (χ0) is 22.3. The molecule has 2 heterocycles. The summed E-state index contributed by atoms with van der Waals surface area (Å²) in [6.07, 6.45) is 4.84. The van der Waals surface area contributed by atoms with E-state index in [0.29, 0.717) is 24.4 Å². The molecule has 1 aliphatic heterocycles. The van der Waals surface area contributed by atoms with Gasteiger partial charge in [-0.2, -0.15) is 0 Å². The third kappa shape index (κ3) is 5.51. The standard InChI is InChI=1S/C26H30N4O2/c1-2-18-15-24(28-17-18)26(32)30-23(12-10-19-7-4-3-5-8-19)25(31)29-21-11-13-22-20(16-21)9-6-14-27-22/h3-9,11,13-14,16,18,23-24,28H,2,10,12,15,17H2,1H3,(H,29,31)(H,30,32)/t18-,23+,24?/m0/s1. The van der Waals surface area contributed by atoms with Gasteiger partial charge >= 0.3 is 0 Å². The number of carbonyl (C=O) groups excluding carboxylic acids is 2. The second kappa shape index (κ2) is 10.4. The summed E-state index contributed by atoms with van der Waals surface area (Å²) in [5.41, 5.74) is 2.71. The van der Waals surface area contributed by atoms with Gasteiger partial charge in [0, 0.05) is 17.3 Å². The molecule has 3 atom stereocenters. The van der Waals surface area contributed by atoms with Gasteiger partial charge in [-0.3, -0.25) is 14.6 Å². The van der Waals surface area contributed by atoms with E-state index in [1.54, 1.807) is 6.20 Å². The van der Waals surface area contributed by atoms with Crippen LogP contribution in [-0.2, 0) is 16.0 Å². The summed E-state index contributed by atoms with van der Waals surface area (Å²) < 4.78 is 0. The van der Waals surface area contributed by atoms with Crippen LogP contribution >= 0.6 is 0 Å². The number of nitrogens with one attached hydrogen (secondary N) is 3. The zero-order valence-corrected chi connectivity index (χ0v) is 18.4. The fourth-order valence-electron chi connectivity index (χ4n) is 4.20. The Morgan fingerprint density at radius 3 is 2.75 bits per heavy atom. The van der Waals surface area contributed by atoms with Crippen LogP contribution in [0.15, 0.2) is 66.9 Å². The summed E-state index contributed by atoms with van der Waals surface area (Å²) in [6.45, 7) is 2.99. The first-order valence-electron chi connectivity index (χ1n) is 11.4. The van der Waals surface area contributed by atoms with Crippen molar-refractivity contribution < 1.29 is 9.59 Å². The van der Waals surface area contributed by atoms with Gasteiger partial charge in [-0.15, -0.1) is 0 Å². The molecule has 166 valence electrons. The molecule has 0 saturated carbocycles. The number of aryl methyl sites for hydroxylation is 1. The number of nitrogens with zero attached hydrogens (tertiary/aromatic N) is 1. The van der Waals surface area contributed by atoms with Crippen molar-refractivity contribution in [2.45, 2.75) is 44.7 Å². The van der Waals surface area contributed by atoms with Gasteiger partial charge in [0.05, 0.1) is 11.6 Å². The van der Waals surface area contributed by atoms with E-state index in [1.165, 1.54) is 0 Å². The van der Waals surface area contributed by atoms with Crippen LogP contribution in [-0.4, -0.2) is 35.4 Å². The molecule has 1 unspecified atom stereocenters. The molecule has 1 fully saturated rings. The fraction of sp³-hybridized carbons (Fsp3) is 0.346. The lowest BCUT2D eigenvalue weighted by Gasteiger charge is -2.21. The molecular weight excluding hydrogens is 400 g/mol. The van der Waals surface area contributed by atoms with Crippen molar-refractivity contribution in [2.24, 2.45) is 5.92 Å². The number of aromatic nitrogens is 1. The normalized spacial score (nSPS) is 18.9. The van der Waals surface area contributed by atoms with E-state index in [1.807, 2.05) is 60.7 Å². The van der Waals surface area contributed by atoms with E-state index >= 15 is 0 Å². The van der Waals surface area contributed by atoms with Crippen molar-refractivity contribution >= 4 is 28.4 Å². The molecular formula is C26H30N4O2. The highest BCUT2D eigenvalue weighted by molar-refractivity contribution is 5.99. The maximum absolute atomic E-state index is 13.2. The van der Waals surface area contributed by atoms with Gasteiger partial charge in [-0.1, -0.05) is 49.7 Å². The number of amides is 2. The molecule has 1 aliphatic rings.